The van der Waals surface area contributed by atoms with Gasteiger partial charge < -0.3 is 15.7 Å². The molecule has 2 aliphatic rings. The molecule has 1 saturated carbocycles. The van der Waals surface area contributed by atoms with Crippen molar-refractivity contribution >= 4 is 29.2 Å². The summed E-state index contributed by atoms with van der Waals surface area (Å²) < 4.78 is 14.2. The van der Waals surface area contributed by atoms with Crippen molar-refractivity contribution in [2.75, 3.05) is 10.6 Å². The molecule has 1 fully saturated rings. The van der Waals surface area contributed by atoms with E-state index in [9.17, 15) is 18.8 Å². The Kier molecular flexibility index (Phi) is 4.51. The molecule has 7 heteroatoms. The van der Waals surface area contributed by atoms with E-state index in [0.717, 1.165) is 5.56 Å². The Morgan fingerprint density at radius 2 is 1.96 bits per heavy atom. The number of hydrogen-bond acceptors (Lipinski definition) is 3. The van der Waals surface area contributed by atoms with Crippen LogP contribution in [0.2, 0.25) is 0 Å². The van der Waals surface area contributed by atoms with Crippen LogP contribution in [-0.2, 0) is 20.8 Å². The first-order chi connectivity index (χ1) is 11.4. The summed E-state index contributed by atoms with van der Waals surface area (Å²) >= 11 is 0. The predicted molar refractivity (Wildman–Crippen MR) is 85.1 cm³/mol. The Morgan fingerprint density at radius 1 is 1.21 bits per heavy atom. The zero-order chi connectivity index (χ0) is 17.3. The molecule has 6 nitrogen and oxygen atoms in total. The van der Waals surface area contributed by atoms with Crippen LogP contribution in [0.4, 0.5) is 15.8 Å². The fraction of sp³-hybridized carbons (Fsp3) is 0.471. The third kappa shape index (κ3) is 3.39. The summed E-state index contributed by atoms with van der Waals surface area (Å²) in [7, 11) is 0. The van der Waals surface area contributed by atoms with Crippen LogP contribution >= 0.6 is 0 Å². The first-order valence-electron chi connectivity index (χ1n) is 8.10. The van der Waals surface area contributed by atoms with Crippen molar-refractivity contribution in [1.82, 2.24) is 0 Å². The van der Waals surface area contributed by atoms with E-state index < -0.39 is 23.6 Å². The first-order valence-corrected chi connectivity index (χ1v) is 8.10. The molecule has 24 heavy (non-hydrogen) atoms. The van der Waals surface area contributed by atoms with E-state index in [-0.39, 0.29) is 23.9 Å². The molecule has 0 radical (unpaired) electrons. The molecule has 1 heterocycles. The van der Waals surface area contributed by atoms with Gasteiger partial charge in [-0.05, 0) is 43.4 Å². The van der Waals surface area contributed by atoms with Crippen LogP contribution in [-0.4, -0.2) is 22.9 Å². The number of anilines is 2. The molecule has 1 aromatic rings. The first kappa shape index (κ1) is 16.4. The predicted octanol–water partition coefficient (Wildman–Crippen LogP) is 2.54. The monoisotopic (exact) mass is 334 g/mol. The Balaban J connectivity index is 1.72. The van der Waals surface area contributed by atoms with Gasteiger partial charge in [-0.25, -0.2) is 4.39 Å². The number of carboxylic acid groups (broad SMARTS) is 1. The summed E-state index contributed by atoms with van der Waals surface area (Å²) in [5.41, 5.74) is 1.29. The summed E-state index contributed by atoms with van der Waals surface area (Å²) in [6, 6.07) is 2.75. The van der Waals surface area contributed by atoms with Gasteiger partial charge >= 0.3 is 5.97 Å². The molecule has 3 N–H and O–H groups in total. The average molecular weight is 334 g/mol. The molecule has 0 spiro atoms. The third-order valence-electron chi connectivity index (χ3n) is 4.74. The number of carbonyl (C=O) groups excluding carboxylic acids is 2. The highest BCUT2D eigenvalue weighted by molar-refractivity contribution is 5.96. The SMILES string of the molecule is O=C1CCc2cc(NC(=O)C3CCCC(C(=O)O)C3)c(F)cc2N1. The van der Waals surface area contributed by atoms with Gasteiger partial charge in [0.1, 0.15) is 5.82 Å². The molecule has 2 atom stereocenters. The van der Waals surface area contributed by atoms with Crippen LogP contribution in [0.5, 0.6) is 0 Å². The van der Waals surface area contributed by atoms with Gasteiger partial charge in [0.15, 0.2) is 0 Å². The van der Waals surface area contributed by atoms with Crippen LogP contribution in [0.25, 0.3) is 0 Å². The van der Waals surface area contributed by atoms with Crippen LogP contribution in [0.15, 0.2) is 12.1 Å². The fourth-order valence-corrected chi connectivity index (χ4v) is 3.39. The Labute approximate surface area is 138 Å². The molecular formula is C17H19FN2O4. The number of carboxylic acids is 1. The largest absolute Gasteiger partial charge is 0.481 e. The van der Waals surface area contributed by atoms with Crippen LogP contribution in [0.3, 0.4) is 0 Å². The highest BCUT2D eigenvalue weighted by atomic mass is 19.1. The summed E-state index contributed by atoms with van der Waals surface area (Å²) in [6.07, 6.45) is 2.96. The number of carbonyl (C=O) groups is 3. The van der Waals surface area contributed by atoms with Crippen molar-refractivity contribution in [3.63, 3.8) is 0 Å². The molecule has 1 aliphatic heterocycles. The van der Waals surface area contributed by atoms with Gasteiger partial charge in [0.05, 0.1) is 11.6 Å². The van der Waals surface area contributed by atoms with Crippen molar-refractivity contribution in [2.45, 2.75) is 38.5 Å². The fourth-order valence-electron chi connectivity index (χ4n) is 3.39. The summed E-state index contributed by atoms with van der Waals surface area (Å²) in [5, 5.41) is 14.3. The Bertz CT molecular complexity index is 704. The van der Waals surface area contributed by atoms with E-state index in [1.54, 1.807) is 6.07 Å². The molecule has 0 aromatic heterocycles. The van der Waals surface area contributed by atoms with E-state index in [0.29, 0.717) is 37.8 Å². The molecule has 2 unspecified atom stereocenters. The Hall–Kier alpha value is -2.44. The topological polar surface area (TPSA) is 95.5 Å². The number of hydrogen-bond donors (Lipinski definition) is 3. The lowest BCUT2D eigenvalue weighted by molar-refractivity contribution is -0.143. The van der Waals surface area contributed by atoms with Crippen molar-refractivity contribution in [2.24, 2.45) is 11.8 Å². The molecule has 0 bridgehead atoms. The zero-order valence-corrected chi connectivity index (χ0v) is 13.1. The van der Waals surface area contributed by atoms with E-state index in [1.807, 2.05) is 0 Å². The van der Waals surface area contributed by atoms with E-state index >= 15 is 0 Å². The van der Waals surface area contributed by atoms with Gasteiger partial charge in [0.2, 0.25) is 11.8 Å². The highest BCUT2D eigenvalue weighted by Crippen LogP contribution is 2.32. The third-order valence-corrected chi connectivity index (χ3v) is 4.74. The number of aryl methyl sites for hydroxylation is 1. The van der Waals surface area contributed by atoms with Gasteiger partial charge in [0.25, 0.3) is 0 Å². The highest BCUT2D eigenvalue weighted by Gasteiger charge is 2.31. The number of nitrogens with one attached hydrogen (secondary N) is 2. The maximum atomic E-state index is 14.2. The number of benzene rings is 1. The quantitative estimate of drug-likeness (QED) is 0.791. The zero-order valence-electron chi connectivity index (χ0n) is 13.1. The second-order valence-electron chi connectivity index (χ2n) is 6.43. The lowest BCUT2D eigenvalue weighted by Gasteiger charge is -2.26. The maximum Gasteiger partial charge on any atom is 0.306 e. The minimum Gasteiger partial charge on any atom is -0.481 e. The van der Waals surface area contributed by atoms with Crippen LogP contribution < -0.4 is 10.6 Å². The van der Waals surface area contributed by atoms with Crippen molar-refractivity contribution in [3.05, 3.63) is 23.5 Å². The van der Waals surface area contributed by atoms with Crippen LogP contribution in [0, 0.1) is 17.7 Å². The molecule has 1 aliphatic carbocycles. The van der Waals surface area contributed by atoms with E-state index in [1.165, 1.54) is 6.07 Å². The second-order valence-corrected chi connectivity index (χ2v) is 6.43. The van der Waals surface area contributed by atoms with E-state index in [2.05, 4.69) is 10.6 Å². The molecule has 128 valence electrons. The Morgan fingerprint density at radius 3 is 2.71 bits per heavy atom. The van der Waals surface area contributed by atoms with Gasteiger partial charge in [-0.3, -0.25) is 14.4 Å². The number of aliphatic carboxylic acids is 1. The van der Waals surface area contributed by atoms with Crippen molar-refractivity contribution in [1.29, 1.82) is 0 Å². The van der Waals surface area contributed by atoms with Gasteiger partial charge in [-0.2, -0.15) is 0 Å². The summed E-state index contributed by atoms with van der Waals surface area (Å²) in [5.74, 6) is -2.94. The minimum absolute atomic E-state index is 0.0762. The normalized spacial score (nSPS) is 23.1. The minimum atomic E-state index is -0.886. The molecule has 1 aromatic carbocycles. The summed E-state index contributed by atoms with van der Waals surface area (Å²) in [6.45, 7) is 0. The molecular weight excluding hydrogens is 315 g/mol. The second kappa shape index (κ2) is 6.59. The number of halogens is 1. The van der Waals surface area contributed by atoms with Crippen molar-refractivity contribution < 1.29 is 23.9 Å². The van der Waals surface area contributed by atoms with E-state index in [4.69, 9.17) is 5.11 Å². The standard InChI is InChI=1S/C17H19FN2O4/c18-12-8-13-9(4-5-15(21)19-13)7-14(12)20-16(22)10-2-1-3-11(6-10)17(23)24/h7-8,10-11H,1-6H2,(H,19,21)(H,20,22)(H,23,24). The molecule has 0 saturated heterocycles. The average Bonchev–Trinajstić information content (AvgIpc) is 2.55. The van der Waals surface area contributed by atoms with Gasteiger partial charge in [0, 0.05) is 18.0 Å². The number of fused-ring (bicyclic) bond motifs is 1. The molecule has 3 rings (SSSR count). The van der Waals surface area contributed by atoms with Crippen LogP contribution in [0.1, 0.15) is 37.7 Å². The smallest absolute Gasteiger partial charge is 0.306 e. The number of rotatable bonds is 3. The lowest BCUT2D eigenvalue weighted by Crippen LogP contribution is -2.31. The summed E-state index contributed by atoms with van der Waals surface area (Å²) in [4.78, 5) is 34.8. The van der Waals surface area contributed by atoms with Gasteiger partial charge in [-0.1, -0.05) is 6.42 Å². The van der Waals surface area contributed by atoms with Gasteiger partial charge in [-0.15, -0.1) is 0 Å². The lowest BCUT2D eigenvalue weighted by atomic mass is 9.81. The maximum absolute atomic E-state index is 14.2. The molecule has 2 amide bonds. The van der Waals surface area contributed by atoms with Crippen molar-refractivity contribution in [3.8, 4) is 0 Å². The number of amides is 2.